The molecule has 0 N–H and O–H groups in total. The van der Waals surface area contributed by atoms with Gasteiger partial charge in [0.25, 0.3) is 5.56 Å². The number of para-hydroxylation sites is 1. The zero-order valence-corrected chi connectivity index (χ0v) is 12.3. The van der Waals surface area contributed by atoms with Crippen LogP contribution in [0, 0.1) is 0 Å². The minimum absolute atomic E-state index is 0.139. The van der Waals surface area contributed by atoms with E-state index in [4.69, 9.17) is 11.6 Å². The number of hydrogen-bond acceptors (Lipinski definition) is 3. The summed E-state index contributed by atoms with van der Waals surface area (Å²) >= 11 is 5.86. The van der Waals surface area contributed by atoms with Crippen molar-refractivity contribution in [1.82, 2.24) is 14.5 Å². The topological polar surface area (TPSA) is 47.8 Å². The fraction of sp³-hybridized carbons (Fsp3) is 0.188. The van der Waals surface area contributed by atoms with Crippen LogP contribution in [0.5, 0.6) is 0 Å². The van der Waals surface area contributed by atoms with E-state index in [1.54, 1.807) is 10.8 Å². The molecule has 21 heavy (non-hydrogen) atoms. The summed E-state index contributed by atoms with van der Waals surface area (Å²) in [6.45, 7) is 2.40. The molecule has 0 saturated heterocycles. The van der Waals surface area contributed by atoms with Gasteiger partial charge in [0.2, 0.25) is 0 Å². The maximum atomic E-state index is 12.2. The Morgan fingerprint density at radius 3 is 2.86 bits per heavy atom. The number of hydrogen-bond donors (Lipinski definition) is 0. The van der Waals surface area contributed by atoms with E-state index < -0.39 is 0 Å². The lowest BCUT2D eigenvalue weighted by Crippen LogP contribution is -2.25. The van der Waals surface area contributed by atoms with Gasteiger partial charge in [0.05, 0.1) is 12.1 Å². The van der Waals surface area contributed by atoms with Gasteiger partial charge in [-0.25, -0.2) is 4.98 Å². The first-order valence-corrected chi connectivity index (χ1v) is 7.15. The van der Waals surface area contributed by atoms with E-state index in [2.05, 4.69) is 9.97 Å². The molecule has 106 valence electrons. The smallest absolute Gasteiger partial charge is 0.255 e. The third kappa shape index (κ3) is 2.67. The van der Waals surface area contributed by atoms with E-state index in [1.807, 2.05) is 37.3 Å². The van der Waals surface area contributed by atoms with Crippen LogP contribution in [0.25, 0.3) is 10.9 Å². The summed E-state index contributed by atoms with van der Waals surface area (Å²) in [6.07, 6.45) is 2.41. The number of pyridine rings is 1. The summed E-state index contributed by atoms with van der Waals surface area (Å²) in [4.78, 5) is 20.8. The average molecular weight is 300 g/mol. The van der Waals surface area contributed by atoms with Crippen LogP contribution in [-0.4, -0.2) is 14.5 Å². The lowest BCUT2D eigenvalue weighted by Gasteiger charge is -2.12. The highest BCUT2D eigenvalue weighted by Crippen LogP contribution is 2.17. The van der Waals surface area contributed by atoms with Crippen molar-refractivity contribution in [2.24, 2.45) is 0 Å². The first-order chi connectivity index (χ1) is 10.2. The van der Waals surface area contributed by atoms with Gasteiger partial charge < -0.3 is 0 Å². The van der Waals surface area contributed by atoms with Gasteiger partial charge in [0.15, 0.2) is 0 Å². The van der Waals surface area contributed by atoms with Crippen LogP contribution in [-0.2, 0) is 13.0 Å². The van der Waals surface area contributed by atoms with Crippen LogP contribution in [0.3, 0.4) is 0 Å². The summed E-state index contributed by atoms with van der Waals surface area (Å²) in [5, 5.41) is 1.30. The van der Waals surface area contributed by atoms with Crippen LogP contribution < -0.4 is 5.56 Å². The first-order valence-electron chi connectivity index (χ1n) is 6.78. The fourth-order valence-electron chi connectivity index (χ4n) is 2.43. The highest BCUT2D eigenvalue weighted by molar-refractivity contribution is 6.29. The Balaban J connectivity index is 2.13. The molecule has 4 nitrogen and oxygen atoms in total. The molecule has 3 rings (SSSR count). The number of fused-ring (bicyclic) bond motifs is 1. The largest absolute Gasteiger partial charge is 0.292 e. The molecule has 1 aromatic carbocycles. The Hall–Kier alpha value is -2.20. The van der Waals surface area contributed by atoms with Crippen LogP contribution in [0.4, 0.5) is 0 Å². The fourth-order valence-corrected chi connectivity index (χ4v) is 2.62. The minimum Gasteiger partial charge on any atom is -0.292 e. The lowest BCUT2D eigenvalue weighted by molar-refractivity contribution is 0.676. The molecule has 0 aliphatic heterocycles. The maximum absolute atomic E-state index is 12.2. The van der Waals surface area contributed by atoms with Crippen molar-refractivity contribution in [2.75, 3.05) is 0 Å². The minimum atomic E-state index is -0.139. The number of nitrogens with zero attached hydrogens (tertiary/aromatic N) is 3. The molecule has 0 aliphatic rings. The van der Waals surface area contributed by atoms with Gasteiger partial charge in [0.1, 0.15) is 11.0 Å². The summed E-state index contributed by atoms with van der Waals surface area (Å²) < 4.78 is 1.65. The second-order valence-electron chi connectivity index (χ2n) is 4.77. The lowest BCUT2D eigenvalue weighted by atomic mass is 10.1. The van der Waals surface area contributed by atoms with Crippen molar-refractivity contribution in [3.05, 3.63) is 69.5 Å². The molecule has 0 amide bonds. The van der Waals surface area contributed by atoms with E-state index in [9.17, 15) is 4.79 Å². The van der Waals surface area contributed by atoms with E-state index in [1.165, 1.54) is 6.07 Å². The van der Waals surface area contributed by atoms with Crippen molar-refractivity contribution in [3.8, 4) is 0 Å². The van der Waals surface area contributed by atoms with E-state index in [0.29, 0.717) is 18.8 Å². The molecule has 0 saturated carbocycles. The quantitative estimate of drug-likeness (QED) is 0.698. The second-order valence-corrected chi connectivity index (χ2v) is 5.15. The molecule has 0 bridgehead atoms. The number of benzene rings is 1. The van der Waals surface area contributed by atoms with Gasteiger partial charge in [-0.3, -0.25) is 14.3 Å². The molecule has 3 aromatic rings. The Morgan fingerprint density at radius 1 is 1.24 bits per heavy atom. The van der Waals surface area contributed by atoms with E-state index in [0.717, 1.165) is 16.5 Å². The van der Waals surface area contributed by atoms with Crippen molar-refractivity contribution in [1.29, 1.82) is 0 Å². The van der Waals surface area contributed by atoms with Gasteiger partial charge in [-0.05, 0) is 11.6 Å². The third-order valence-corrected chi connectivity index (χ3v) is 3.61. The standard InChI is InChI=1S/C16H14ClN3O/c1-2-14-19-13(17)9-15(21)20(14)10-12-6-3-5-11-7-4-8-18-16(11)12/h3-9H,2,10H2,1H3. The van der Waals surface area contributed by atoms with Gasteiger partial charge in [-0.2, -0.15) is 0 Å². The normalized spacial score (nSPS) is 11.0. The molecule has 5 heteroatoms. The van der Waals surface area contributed by atoms with E-state index in [-0.39, 0.29) is 10.7 Å². The van der Waals surface area contributed by atoms with Gasteiger partial charge in [-0.1, -0.05) is 42.8 Å². The van der Waals surface area contributed by atoms with Crippen LogP contribution >= 0.6 is 11.6 Å². The molecule has 0 spiro atoms. The highest BCUT2D eigenvalue weighted by atomic mass is 35.5. The predicted octanol–water partition coefficient (Wildman–Crippen LogP) is 3.06. The SMILES string of the molecule is CCc1nc(Cl)cc(=O)n1Cc1cccc2cccnc12. The average Bonchev–Trinajstić information content (AvgIpc) is 2.50. The summed E-state index contributed by atoms with van der Waals surface area (Å²) in [5.41, 5.74) is 1.76. The van der Waals surface area contributed by atoms with Crippen molar-refractivity contribution < 1.29 is 0 Å². The number of halogens is 1. The molecule has 0 fully saturated rings. The monoisotopic (exact) mass is 299 g/mol. The predicted molar refractivity (Wildman–Crippen MR) is 83.7 cm³/mol. The zero-order valence-electron chi connectivity index (χ0n) is 11.6. The Kier molecular flexibility index (Phi) is 3.71. The summed E-state index contributed by atoms with van der Waals surface area (Å²) in [7, 11) is 0. The summed E-state index contributed by atoms with van der Waals surface area (Å²) in [6, 6.07) is 11.2. The number of aromatic nitrogens is 3. The van der Waals surface area contributed by atoms with Crippen LogP contribution in [0.2, 0.25) is 5.15 Å². The molecule has 2 heterocycles. The number of rotatable bonds is 3. The molecule has 0 unspecified atom stereocenters. The molecular formula is C16H14ClN3O. The Bertz CT molecular complexity index is 852. The molecule has 0 radical (unpaired) electrons. The van der Waals surface area contributed by atoms with Gasteiger partial charge >= 0.3 is 0 Å². The molecule has 2 aromatic heterocycles. The molecule has 0 aliphatic carbocycles. The Labute approximate surface area is 127 Å². The van der Waals surface area contributed by atoms with Crippen LogP contribution in [0.1, 0.15) is 18.3 Å². The Morgan fingerprint density at radius 2 is 2.05 bits per heavy atom. The molecular weight excluding hydrogens is 286 g/mol. The highest BCUT2D eigenvalue weighted by Gasteiger charge is 2.09. The van der Waals surface area contributed by atoms with Gasteiger partial charge in [0, 0.05) is 24.1 Å². The maximum Gasteiger partial charge on any atom is 0.255 e. The second kappa shape index (κ2) is 5.66. The number of aryl methyl sites for hydroxylation is 1. The van der Waals surface area contributed by atoms with Crippen molar-refractivity contribution >= 4 is 22.5 Å². The van der Waals surface area contributed by atoms with E-state index >= 15 is 0 Å². The third-order valence-electron chi connectivity index (χ3n) is 3.42. The van der Waals surface area contributed by atoms with Crippen molar-refractivity contribution in [3.63, 3.8) is 0 Å². The van der Waals surface area contributed by atoms with Crippen LogP contribution in [0.15, 0.2) is 47.4 Å². The zero-order chi connectivity index (χ0) is 14.8. The summed E-state index contributed by atoms with van der Waals surface area (Å²) in [5.74, 6) is 0.681. The first kappa shape index (κ1) is 13.8. The molecule has 0 atom stereocenters. The van der Waals surface area contributed by atoms with Crippen molar-refractivity contribution in [2.45, 2.75) is 19.9 Å². The van der Waals surface area contributed by atoms with Gasteiger partial charge in [-0.15, -0.1) is 0 Å².